The van der Waals surface area contributed by atoms with Gasteiger partial charge in [-0.1, -0.05) is 11.6 Å². The van der Waals surface area contributed by atoms with Gasteiger partial charge in [0.15, 0.2) is 5.76 Å². The van der Waals surface area contributed by atoms with Crippen LogP contribution in [-0.4, -0.2) is 32.1 Å². The Morgan fingerprint density at radius 1 is 0.929 bits per heavy atom. The summed E-state index contributed by atoms with van der Waals surface area (Å²) in [6, 6.07) is 9.79. The summed E-state index contributed by atoms with van der Waals surface area (Å²) in [6.07, 6.45) is 0. The Balaban J connectivity index is 2.02. The van der Waals surface area contributed by atoms with Crippen molar-refractivity contribution in [2.45, 2.75) is 13.8 Å². The number of carbonyl (C=O) groups is 3. The molecule has 0 fully saturated rings. The molecule has 7 heteroatoms. The highest BCUT2D eigenvalue weighted by molar-refractivity contribution is 6.10. The number of benzene rings is 2. The van der Waals surface area contributed by atoms with Crippen LogP contribution in [0.2, 0.25) is 0 Å². The molecule has 0 aliphatic carbocycles. The molecule has 0 aliphatic heterocycles. The number of hydrogen-bond donors (Lipinski definition) is 1. The second-order valence-corrected chi connectivity index (χ2v) is 6.25. The van der Waals surface area contributed by atoms with Crippen LogP contribution in [0.25, 0.3) is 11.0 Å². The molecule has 3 rings (SSSR count). The van der Waals surface area contributed by atoms with Crippen molar-refractivity contribution >= 4 is 34.5 Å². The molecule has 0 atom stereocenters. The van der Waals surface area contributed by atoms with Crippen LogP contribution in [0.1, 0.15) is 42.4 Å². The van der Waals surface area contributed by atoms with Gasteiger partial charge in [-0.25, -0.2) is 9.59 Å². The van der Waals surface area contributed by atoms with E-state index in [1.165, 1.54) is 32.4 Å². The smallest absolute Gasteiger partial charge is 0.339 e. The van der Waals surface area contributed by atoms with Gasteiger partial charge in [0.1, 0.15) is 5.58 Å². The molecule has 0 bridgehead atoms. The van der Waals surface area contributed by atoms with Gasteiger partial charge < -0.3 is 19.2 Å². The van der Waals surface area contributed by atoms with Crippen LogP contribution >= 0.6 is 0 Å². The van der Waals surface area contributed by atoms with Crippen LogP contribution in [-0.2, 0) is 9.47 Å². The molecular weight excluding hydrogens is 362 g/mol. The lowest BCUT2D eigenvalue weighted by molar-refractivity contribution is 0.0587. The summed E-state index contributed by atoms with van der Waals surface area (Å²) >= 11 is 0. The van der Waals surface area contributed by atoms with Crippen molar-refractivity contribution in [2.24, 2.45) is 0 Å². The van der Waals surface area contributed by atoms with Crippen molar-refractivity contribution in [1.29, 1.82) is 0 Å². The van der Waals surface area contributed by atoms with E-state index in [0.717, 1.165) is 10.9 Å². The number of nitrogens with one attached hydrogen (secondary N) is 1. The number of hydrogen-bond acceptors (Lipinski definition) is 6. The maximum Gasteiger partial charge on any atom is 0.339 e. The largest absolute Gasteiger partial charge is 0.465 e. The summed E-state index contributed by atoms with van der Waals surface area (Å²) in [6.45, 7) is 3.73. The van der Waals surface area contributed by atoms with E-state index in [-0.39, 0.29) is 22.6 Å². The Labute approximate surface area is 161 Å². The third-order valence-corrected chi connectivity index (χ3v) is 4.39. The summed E-state index contributed by atoms with van der Waals surface area (Å²) in [4.78, 5) is 36.7. The molecule has 2 aromatic carbocycles. The van der Waals surface area contributed by atoms with E-state index >= 15 is 0 Å². The highest BCUT2D eigenvalue weighted by Gasteiger charge is 2.22. The second-order valence-electron chi connectivity index (χ2n) is 6.25. The first-order valence-electron chi connectivity index (χ1n) is 8.47. The first kappa shape index (κ1) is 19.2. The molecule has 0 spiro atoms. The Bertz CT molecular complexity index is 1100. The number of ether oxygens (including phenoxy) is 2. The third-order valence-electron chi connectivity index (χ3n) is 4.39. The third kappa shape index (κ3) is 3.46. The SMILES string of the molecule is COC(=O)c1ccc(C(=O)OC)c(NC(=O)c2oc3ccc(C)cc3c2C)c1. The number of fused-ring (bicyclic) bond motifs is 1. The van der Waals surface area contributed by atoms with Gasteiger partial charge in [-0.15, -0.1) is 0 Å². The summed E-state index contributed by atoms with van der Waals surface area (Å²) in [7, 11) is 2.47. The molecular formula is C21H19NO6. The second kappa shape index (κ2) is 7.56. The van der Waals surface area contributed by atoms with E-state index < -0.39 is 17.8 Å². The van der Waals surface area contributed by atoms with Crippen LogP contribution in [0.5, 0.6) is 0 Å². The highest BCUT2D eigenvalue weighted by atomic mass is 16.5. The zero-order chi connectivity index (χ0) is 20.4. The monoisotopic (exact) mass is 381 g/mol. The van der Waals surface area contributed by atoms with Crippen LogP contribution in [0.4, 0.5) is 5.69 Å². The fourth-order valence-electron chi connectivity index (χ4n) is 2.91. The van der Waals surface area contributed by atoms with Gasteiger partial charge in [0, 0.05) is 10.9 Å². The standard InChI is InChI=1S/C21H19NO6/c1-11-5-8-17-15(9-11)12(2)18(28-17)19(23)22-16-10-13(20(24)26-3)6-7-14(16)21(25)27-4/h5-10H,1-4H3,(H,22,23). The van der Waals surface area contributed by atoms with Gasteiger partial charge >= 0.3 is 11.9 Å². The lowest BCUT2D eigenvalue weighted by atomic mass is 10.1. The summed E-state index contributed by atoms with van der Waals surface area (Å²) in [5.41, 5.74) is 2.72. The molecule has 144 valence electrons. The number of aryl methyl sites for hydroxylation is 2. The van der Waals surface area contributed by atoms with Crippen LogP contribution in [0.3, 0.4) is 0 Å². The van der Waals surface area contributed by atoms with Gasteiger partial charge in [0.25, 0.3) is 5.91 Å². The topological polar surface area (TPSA) is 94.8 Å². The minimum atomic E-state index is -0.649. The fourth-order valence-corrected chi connectivity index (χ4v) is 2.91. The first-order valence-corrected chi connectivity index (χ1v) is 8.47. The van der Waals surface area contributed by atoms with Crippen molar-refractivity contribution in [3.63, 3.8) is 0 Å². The maximum atomic E-state index is 12.8. The molecule has 0 saturated carbocycles. The molecule has 0 saturated heterocycles. The lowest BCUT2D eigenvalue weighted by Gasteiger charge is -2.11. The molecule has 0 aliphatic rings. The lowest BCUT2D eigenvalue weighted by Crippen LogP contribution is -2.16. The Hall–Kier alpha value is -3.61. The normalized spacial score (nSPS) is 10.6. The Morgan fingerprint density at radius 3 is 2.32 bits per heavy atom. The van der Waals surface area contributed by atoms with Crippen molar-refractivity contribution < 1.29 is 28.3 Å². The Kier molecular flexibility index (Phi) is 5.17. The van der Waals surface area contributed by atoms with Gasteiger partial charge in [0.05, 0.1) is 31.0 Å². The quantitative estimate of drug-likeness (QED) is 0.689. The predicted molar refractivity (Wildman–Crippen MR) is 103 cm³/mol. The fraction of sp³-hybridized carbons (Fsp3) is 0.190. The first-order chi connectivity index (χ1) is 13.3. The molecule has 1 N–H and O–H groups in total. The molecule has 1 aromatic heterocycles. The maximum absolute atomic E-state index is 12.8. The summed E-state index contributed by atoms with van der Waals surface area (Å²) < 4.78 is 15.1. The Morgan fingerprint density at radius 2 is 1.64 bits per heavy atom. The van der Waals surface area contributed by atoms with E-state index in [4.69, 9.17) is 13.9 Å². The van der Waals surface area contributed by atoms with E-state index in [0.29, 0.717) is 11.1 Å². The number of amides is 1. The number of carbonyl (C=O) groups excluding carboxylic acids is 3. The minimum Gasteiger partial charge on any atom is -0.465 e. The van der Waals surface area contributed by atoms with E-state index in [1.807, 2.05) is 19.1 Å². The van der Waals surface area contributed by atoms with E-state index in [2.05, 4.69) is 5.32 Å². The number of rotatable bonds is 4. The predicted octanol–water partition coefficient (Wildman–Crippen LogP) is 3.88. The summed E-state index contributed by atoms with van der Waals surface area (Å²) in [5, 5.41) is 3.47. The minimum absolute atomic E-state index is 0.105. The van der Waals surface area contributed by atoms with Crippen molar-refractivity contribution in [3.8, 4) is 0 Å². The van der Waals surface area contributed by atoms with Crippen molar-refractivity contribution in [3.05, 3.63) is 64.4 Å². The van der Waals surface area contributed by atoms with Crippen LogP contribution < -0.4 is 5.32 Å². The molecule has 1 heterocycles. The van der Waals surface area contributed by atoms with Crippen LogP contribution in [0, 0.1) is 13.8 Å². The van der Waals surface area contributed by atoms with Crippen molar-refractivity contribution in [1.82, 2.24) is 0 Å². The molecule has 0 radical (unpaired) electrons. The molecule has 3 aromatic rings. The number of esters is 2. The molecule has 7 nitrogen and oxygen atoms in total. The van der Waals surface area contributed by atoms with E-state index in [1.54, 1.807) is 13.0 Å². The number of methoxy groups -OCH3 is 2. The van der Waals surface area contributed by atoms with Gasteiger partial charge in [0.2, 0.25) is 0 Å². The van der Waals surface area contributed by atoms with Crippen LogP contribution in [0.15, 0.2) is 40.8 Å². The average molecular weight is 381 g/mol. The number of anilines is 1. The zero-order valence-corrected chi connectivity index (χ0v) is 15.9. The molecule has 1 amide bonds. The van der Waals surface area contributed by atoms with E-state index in [9.17, 15) is 14.4 Å². The summed E-state index contributed by atoms with van der Waals surface area (Å²) in [5.74, 6) is -1.66. The van der Waals surface area contributed by atoms with Gasteiger partial charge in [-0.05, 0) is 44.2 Å². The average Bonchev–Trinajstić information content (AvgIpc) is 3.02. The number of furan rings is 1. The zero-order valence-electron chi connectivity index (χ0n) is 15.9. The molecule has 28 heavy (non-hydrogen) atoms. The van der Waals surface area contributed by atoms with Crippen molar-refractivity contribution in [2.75, 3.05) is 19.5 Å². The van der Waals surface area contributed by atoms with Gasteiger partial charge in [-0.2, -0.15) is 0 Å². The van der Waals surface area contributed by atoms with Gasteiger partial charge in [-0.3, -0.25) is 4.79 Å². The highest BCUT2D eigenvalue weighted by Crippen LogP contribution is 2.28. The molecule has 0 unspecified atom stereocenters.